The van der Waals surface area contributed by atoms with Crippen molar-refractivity contribution in [2.24, 2.45) is 0 Å². The molecule has 0 radical (unpaired) electrons. The van der Waals surface area contributed by atoms with Crippen LogP contribution in [0.3, 0.4) is 0 Å². The highest BCUT2D eigenvalue weighted by atomic mass is 16.6. The van der Waals surface area contributed by atoms with Crippen LogP contribution in [0.2, 0.25) is 0 Å². The molecule has 0 aromatic carbocycles. The van der Waals surface area contributed by atoms with Gasteiger partial charge in [0.2, 0.25) is 0 Å². The molecule has 0 saturated carbocycles. The van der Waals surface area contributed by atoms with Crippen LogP contribution in [-0.2, 0) is 14.3 Å². The molecule has 1 fully saturated rings. The van der Waals surface area contributed by atoms with Crippen molar-refractivity contribution in [3.8, 4) is 0 Å². The van der Waals surface area contributed by atoms with Crippen molar-refractivity contribution in [1.82, 2.24) is 0 Å². The van der Waals surface area contributed by atoms with E-state index in [9.17, 15) is 9.59 Å². The monoisotopic (exact) mass is 166 g/mol. The molecule has 0 spiro atoms. The van der Waals surface area contributed by atoms with Crippen molar-refractivity contribution in [3.63, 3.8) is 0 Å². The minimum Gasteiger partial charge on any atom is -0.346 e. The zero-order valence-electron chi connectivity index (χ0n) is 7.30. The summed E-state index contributed by atoms with van der Waals surface area (Å²) in [5.41, 5.74) is -1.25. The first-order valence-electron chi connectivity index (χ1n) is 3.89. The van der Waals surface area contributed by atoms with Crippen molar-refractivity contribution >= 4 is 11.6 Å². The van der Waals surface area contributed by atoms with Gasteiger partial charge in [-0.2, -0.15) is 0 Å². The summed E-state index contributed by atoms with van der Waals surface area (Å²) in [7, 11) is 0. The van der Waals surface area contributed by atoms with Gasteiger partial charge in [-0.3, -0.25) is 9.59 Å². The van der Waals surface area contributed by atoms with Crippen LogP contribution in [0.25, 0.3) is 0 Å². The number of carbonyl (C=O) groups excluding carboxylic acids is 2. The lowest BCUT2D eigenvalue weighted by Crippen LogP contribution is -2.39. The third-order valence-corrected chi connectivity index (χ3v) is 2.89. The van der Waals surface area contributed by atoms with Gasteiger partial charge in [0, 0.05) is 0 Å². The van der Waals surface area contributed by atoms with Gasteiger partial charge in [0.05, 0.1) is 0 Å². The van der Waals surface area contributed by atoms with Crippen LogP contribution in [0.15, 0.2) is 11.6 Å². The fraction of sp³-hybridized carbons (Fsp3) is 0.556. The van der Waals surface area contributed by atoms with Crippen molar-refractivity contribution in [2.75, 3.05) is 0 Å². The molecule has 3 nitrogen and oxygen atoms in total. The number of rotatable bonds is 0. The number of carbonyl (C=O) groups is 2. The lowest BCUT2D eigenvalue weighted by atomic mass is 9.81. The van der Waals surface area contributed by atoms with Crippen molar-refractivity contribution in [3.05, 3.63) is 11.6 Å². The van der Waals surface area contributed by atoms with E-state index in [1.54, 1.807) is 20.8 Å². The average Bonchev–Trinajstić information content (AvgIpc) is 2.55. The van der Waals surface area contributed by atoms with E-state index in [1.807, 2.05) is 0 Å². The van der Waals surface area contributed by atoms with Crippen LogP contribution in [-0.4, -0.2) is 22.8 Å². The lowest BCUT2D eigenvalue weighted by molar-refractivity contribution is -0.123. The largest absolute Gasteiger partial charge is 0.346 e. The molecule has 12 heavy (non-hydrogen) atoms. The van der Waals surface area contributed by atoms with Gasteiger partial charge >= 0.3 is 0 Å². The van der Waals surface area contributed by atoms with Crippen LogP contribution in [0.5, 0.6) is 0 Å². The second-order valence-corrected chi connectivity index (χ2v) is 3.69. The highest BCUT2D eigenvalue weighted by Gasteiger charge is 2.73. The molecule has 0 N–H and O–H groups in total. The fourth-order valence-electron chi connectivity index (χ4n) is 1.71. The smallest absolute Gasteiger partial charge is 0.193 e. The van der Waals surface area contributed by atoms with Gasteiger partial charge in [-0.15, -0.1) is 0 Å². The van der Waals surface area contributed by atoms with Gasteiger partial charge in [-0.05, 0) is 32.4 Å². The maximum absolute atomic E-state index is 11.5. The van der Waals surface area contributed by atoms with E-state index in [-0.39, 0.29) is 11.6 Å². The molecule has 0 aromatic rings. The van der Waals surface area contributed by atoms with Crippen LogP contribution in [0, 0.1) is 0 Å². The third kappa shape index (κ3) is 0.569. The van der Waals surface area contributed by atoms with Crippen molar-refractivity contribution in [1.29, 1.82) is 0 Å². The zero-order chi connectivity index (χ0) is 9.15. The molecule has 2 atom stereocenters. The molecule has 3 heteroatoms. The summed E-state index contributed by atoms with van der Waals surface area (Å²) in [6.07, 6.45) is 1.37. The second kappa shape index (κ2) is 1.69. The van der Waals surface area contributed by atoms with Crippen molar-refractivity contribution in [2.45, 2.75) is 32.0 Å². The summed E-state index contributed by atoms with van der Waals surface area (Å²) in [6, 6.07) is 0. The molecular formula is C9H10O3. The maximum atomic E-state index is 11.5. The lowest BCUT2D eigenvalue weighted by Gasteiger charge is -2.14. The van der Waals surface area contributed by atoms with Gasteiger partial charge < -0.3 is 4.74 Å². The van der Waals surface area contributed by atoms with E-state index in [0.29, 0.717) is 5.57 Å². The Labute approximate surface area is 70.4 Å². The summed E-state index contributed by atoms with van der Waals surface area (Å²) < 4.78 is 5.20. The highest BCUT2D eigenvalue weighted by molar-refractivity contribution is 6.20. The standard InChI is InChI=1S/C9H10O3/c1-5-4-6(10)8(2)9(3,12-8)7(5)11/h4H,1-3H3. The van der Waals surface area contributed by atoms with Gasteiger partial charge in [0.25, 0.3) is 0 Å². The van der Waals surface area contributed by atoms with Crippen molar-refractivity contribution < 1.29 is 14.3 Å². The molecule has 0 bridgehead atoms. The Bertz CT molecular complexity index is 329. The predicted octanol–water partition coefficient (Wildman–Crippen LogP) is 0.632. The Balaban J connectivity index is 2.54. The van der Waals surface area contributed by atoms with Gasteiger partial charge in [0.15, 0.2) is 22.8 Å². The Hall–Kier alpha value is -0.960. The molecule has 1 aliphatic heterocycles. The van der Waals surface area contributed by atoms with E-state index in [2.05, 4.69) is 0 Å². The molecule has 0 amide bonds. The average molecular weight is 166 g/mol. The number of hydrogen-bond acceptors (Lipinski definition) is 3. The number of ether oxygens (including phenoxy) is 1. The van der Waals surface area contributed by atoms with Crippen LogP contribution < -0.4 is 0 Å². The van der Waals surface area contributed by atoms with E-state index in [0.717, 1.165) is 0 Å². The Kier molecular flexibility index (Phi) is 1.08. The molecule has 64 valence electrons. The number of Topliss-reactive ketones (excluding diaryl/α,β-unsaturated/α-hetero) is 1. The summed E-state index contributed by atoms with van der Waals surface area (Å²) in [4.78, 5) is 22.9. The first kappa shape index (κ1) is 7.68. The summed E-state index contributed by atoms with van der Waals surface area (Å²) in [5.74, 6) is -0.160. The van der Waals surface area contributed by atoms with Crippen LogP contribution in [0.4, 0.5) is 0 Å². The second-order valence-electron chi connectivity index (χ2n) is 3.69. The quantitative estimate of drug-likeness (QED) is 0.496. The van der Waals surface area contributed by atoms with E-state index in [4.69, 9.17) is 4.74 Å². The van der Waals surface area contributed by atoms with Gasteiger partial charge in [0.1, 0.15) is 0 Å². The molecular weight excluding hydrogens is 156 g/mol. The van der Waals surface area contributed by atoms with E-state index in [1.165, 1.54) is 6.08 Å². The topological polar surface area (TPSA) is 46.7 Å². The van der Waals surface area contributed by atoms with Crippen LogP contribution >= 0.6 is 0 Å². The molecule has 1 heterocycles. The molecule has 0 aromatic heterocycles. The zero-order valence-corrected chi connectivity index (χ0v) is 7.30. The van der Waals surface area contributed by atoms with Gasteiger partial charge in [-0.1, -0.05) is 0 Å². The minimum atomic E-state index is -0.872. The predicted molar refractivity (Wildman–Crippen MR) is 41.7 cm³/mol. The first-order chi connectivity index (χ1) is 5.42. The first-order valence-corrected chi connectivity index (χ1v) is 3.89. The molecule has 2 aliphatic rings. The Morgan fingerprint density at radius 1 is 1.25 bits per heavy atom. The molecule has 1 aliphatic carbocycles. The van der Waals surface area contributed by atoms with E-state index >= 15 is 0 Å². The Morgan fingerprint density at radius 3 is 2.42 bits per heavy atom. The normalized spacial score (nSPS) is 45.4. The number of fused-ring (bicyclic) bond motifs is 1. The fourth-order valence-corrected chi connectivity index (χ4v) is 1.71. The molecule has 2 unspecified atom stereocenters. The highest BCUT2D eigenvalue weighted by Crippen LogP contribution is 2.52. The van der Waals surface area contributed by atoms with Gasteiger partial charge in [-0.25, -0.2) is 0 Å². The number of epoxide rings is 1. The molecule has 1 saturated heterocycles. The Morgan fingerprint density at radius 2 is 1.83 bits per heavy atom. The minimum absolute atomic E-state index is 0.0652. The summed E-state index contributed by atoms with van der Waals surface area (Å²) in [6.45, 7) is 4.98. The van der Waals surface area contributed by atoms with Crippen LogP contribution in [0.1, 0.15) is 20.8 Å². The SMILES string of the molecule is CC1=CC(=O)C2(C)OC2(C)C1=O. The maximum Gasteiger partial charge on any atom is 0.193 e. The molecule has 2 rings (SSSR count). The van der Waals surface area contributed by atoms with E-state index < -0.39 is 11.2 Å². The number of hydrogen-bond donors (Lipinski definition) is 0. The summed E-state index contributed by atoms with van der Waals surface area (Å²) in [5, 5.41) is 0. The summed E-state index contributed by atoms with van der Waals surface area (Å²) >= 11 is 0. The number of ketones is 2. The third-order valence-electron chi connectivity index (χ3n) is 2.89.